The van der Waals surface area contributed by atoms with E-state index in [1.165, 1.54) is 13.8 Å². The van der Waals surface area contributed by atoms with E-state index in [-0.39, 0.29) is 6.42 Å². The molecule has 0 atom stereocenters. The third kappa shape index (κ3) is 4.19. The number of rotatable bonds is 4. The smallest absolute Gasteiger partial charge is 0.417 e. The minimum Gasteiger partial charge on any atom is -0.417 e. The molecular formula is C12H14F5N3O4S. The van der Waals surface area contributed by atoms with Crippen LogP contribution in [0.1, 0.15) is 35.6 Å². The van der Waals surface area contributed by atoms with Crippen molar-refractivity contribution in [3.63, 3.8) is 0 Å². The fraction of sp³-hybridized carbons (Fsp3) is 0.667. The number of sulfone groups is 1. The number of nitrogens with zero attached hydrogens (tertiary/aromatic N) is 3. The lowest BCUT2D eigenvalue weighted by Crippen LogP contribution is -2.24. The van der Waals surface area contributed by atoms with Gasteiger partial charge in [-0.15, -0.1) is 0 Å². The van der Waals surface area contributed by atoms with Crippen LogP contribution in [-0.4, -0.2) is 35.5 Å². The van der Waals surface area contributed by atoms with Gasteiger partial charge in [-0.25, -0.2) is 13.1 Å². The van der Waals surface area contributed by atoms with Crippen molar-refractivity contribution in [1.82, 2.24) is 9.78 Å². The van der Waals surface area contributed by atoms with Gasteiger partial charge in [0.1, 0.15) is 5.60 Å². The van der Waals surface area contributed by atoms with E-state index in [4.69, 9.17) is 8.95 Å². The van der Waals surface area contributed by atoms with Crippen molar-refractivity contribution in [2.75, 3.05) is 0 Å². The number of hydrogen-bond acceptors (Lipinski definition) is 6. The van der Waals surface area contributed by atoms with Crippen LogP contribution in [-0.2, 0) is 33.6 Å². The van der Waals surface area contributed by atoms with Crippen molar-refractivity contribution in [1.29, 1.82) is 0 Å². The first-order valence-electron chi connectivity index (χ1n) is 8.06. The predicted octanol–water partition coefficient (Wildman–Crippen LogP) is 2.47. The summed E-state index contributed by atoms with van der Waals surface area (Å²) in [6, 6.07) is 0. The summed E-state index contributed by atoms with van der Waals surface area (Å²) in [6.07, 6.45) is -5.62. The fourth-order valence-corrected chi connectivity index (χ4v) is 3.57. The maximum atomic E-state index is 13.3. The molecule has 0 aliphatic carbocycles. The van der Waals surface area contributed by atoms with Crippen LogP contribution in [0, 0.1) is 0 Å². The normalized spacial score (nSPS) is 19.8. The number of halogens is 5. The van der Waals surface area contributed by atoms with Crippen molar-refractivity contribution in [3.8, 4) is 5.88 Å². The van der Waals surface area contributed by atoms with Crippen molar-refractivity contribution < 1.29 is 44.1 Å². The Morgan fingerprint density at radius 2 is 2.08 bits per heavy atom. The number of aryl methyl sites for hydroxylation is 1. The van der Waals surface area contributed by atoms with Gasteiger partial charge >= 0.3 is 12.8 Å². The highest BCUT2D eigenvalue weighted by molar-refractivity contribution is 8.05. The summed E-state index contributed by atoms with van der Waals surface area (Å²) in [4.78, 5) is 4.85. The lowest BCUT2D eigenvalue weighted by Gasteiger charge is -2.13. The Morgan fingerprint density at radius 1 is 1.44 bits per heavy atom. The zero-order valence-electron chi connectivity index (χ0n) is 15.8. The molecule has 0 bridgehead atoms. The van der Waals surface area contributed by atoms with Crippen molar-refractivity contribution in [3.05, 3.63) is 11.3 Å². The molecule has 0 amide bonds. The van der Waals surface area contributed by atoms with Crippen molar-refractivity contribution >= 4 is 14.9 Å². The molecule has 1 aliphatic heterocycles. The lowest BCUT2D eigenvalue weighted by atomic mass is 10.1. The van der Waals surface area contributed by atoms with E-state index >= 15 is 0 Å². The van der Waals surface area contributed by atoms with Gasteiger partial charge in [0.05, 0.1) is 11.3 Å². The molecule has 2 rings (SSSR count). The molecule has 0 fully saturated rings. The van der Waals surface area contributed by atoms with E-state index in [1.807, 2.05) is 0 Å². The number of ether oxygens (including phenoxy) is 1. The molecule has 0 saturated heterocycles. The second-order valence-corrected chi connectivity index (χ2v) is 7.68. The third-order valence-electron chi connectivity index (χ3n) is 3.07. The molecule has 0 saturated carbocycles. The zero-order chi connectivity index (χ0) is 21.7. The minimum absolute atomic E-state index is 0.283. The predicted molar refractivity (Wildman–Crippen MR) is 74.7 cm³/mol. The van der Waals surface area contributed by atoms with Gasteiger partial charge in [-0.2, -0.15) is 27.1 Å². The molecule has 0 spiro atoms. The highest BCUT2D eigenvalue weighted by atomic mass is 32.2. The molecule has 0 unspecified atom stereocenters. The van der Waals surface area contributed by atoms with Gasteiger partial charge in [-0.1, -0.05) is 5.16 Å². The summed E-state index contributed by atoms with van der Waals surface area (Å²) >= 11 is 0. The molecule has 1 aromatic heterocycles. The Morgan fingerprint density at radius 3 is 2.52 bits per heavy atom. The average Bonchev–Trinajstić information content (AvgIpc) is 2.98. The topological polar surface area (TPSA) is 82.8 Å². The summed E-state index contributed by atoms with van der Waals surface area (Å²) < 4.78 is 115. The van der Waals surface area contributed by atoms with Crippen LogP contribution in [0.25, 0.3) is 0 Å². The van der Waals surface area contributed by atoms with Crippen LogP contribution in [0.2, 0.25) is 0 Å². The molecule has 0 aromatic carbocycles. The van der Waals surface area contributed by atoms with Gasteiger partial charge in [0, 0.05) is 17.5 Å². The summed E-state index contributed by atoms with van der Waals surface area (Å²) in [5.41, 5.74) is -4.38. The Labute approximate surface area is 143 Å². The van der Waals surface area contributed by atoms with E-state index in [0.29, 0.717) is 0 Å². The van der Waals surface area contributed by atoms with Gasteiger partial charge in [-0.3, -0.25) is 0 Å². The molecule has 2 heterocycles. The van der Waals surface area contributed by atoms with Crippen LogP contribution in [0.15, 0.2) is 5.16 Å². The lowest BCUT2D eigenvalue weighted by molar-refractivity contribution is -0.142. The average molecular weight is 394 g/mol. The first kappa shape index (κ1) is 15.3. The maximum Gasteiger partial charge on any atom is 0.435 e. The van der Waals surface area contributed by atoms with E-state index in [2.05, 4.69) is 15.0 Å². The SMILES string of the molecule is [2H]C([2H])([2H])n1nc(C(F)(F)F)c(CS(=O)(=O)C2=NOC(C)(C)C2)c1OC(F)F. The largest absolute Gasteiger partial charge is 0.435 e. The fourth-order valence-electron chi connectivity index (χ4n) is 2.04. The molecule has 142 valence electrons. The number of aromatic nitrogens is 2. The Balaban J connectivity index is 2.62. The molecule has 7 nitrogen and oxygen atoms in total. The second-order valence-electron chi connectivity index (χ2n) is 5.69. The Bertz CT molecular complexity index is 894. The Hall–Kier alpha value is -1.92. The zero-order valence-corrected chi connectivity index (χ0v) is 13.6. The van der Waals surface area contributed by atoms with Crippen LogP contribution in [0.4, 0.5) is 22.0 Å². The molecule has 0 N–H and O–H groups in total. The molecule has 1 aliphatic rings. The second kappa shape index (κ2) is 6.11. The van der Waals surface area contributed by atoms with E-state index in [1.54, 1.807) is 0 Å². The number of alkyl halides is 5. The van der Waals surface area contributed by atoms with Gasteiger partial charge in [0.25, 0.3) is 0 Å². The Kier molecular flexibility index (Phi) is 3.75. The highest BCUT2D eigenvalue weighted by Crippen LogP contribution is 2.38. The maximum absolute atomic E-state index is 13.3. The molecular weight excluding hydrogens is 377 g/mol. The first-order chi connectivity index (χ1) is 12.4. The van der Waals surface area contributed by atoms with Gasteiger partial charge in [0.15, 0.2) is 20.6 Å². The van der Waals surface area contributed by atoms with Crippen molar-refractivity contribution in [2.24, 2.45) is 12.1 Å². The minimum atomic E-state index is -5.34. The molecule has 25 heavy (non-hydrogen) atoms. The third-order valence-corrected chi connectivity index (χ3v) is 4.68. The van der Waals surface area contributed by atoms with E-state index < -0.39 is 67.8 Å². The van der Waals surface area contributed by atoms with Crippen LogP contribution in [0.5, 0.6) is 5.88 Å². The monoisotopic (exact) mass is 394 g/mol. The summed E-state index contributed by atoms with van der Waals surface area (Å²) in [6.45, 7) is -4.23. The molecule has 13 heteroatoms. The van der Waals surface area contributed by atoms with Crippen molar-refractivity contribution in [2.45, 2.75) is 44.4 Å². The summed E-state index contributed by atoms with van der Waals surface area (Å²) in [5.74, 6) is -3.04. The summed E-state index contributed by atoms with van der Waals surface area (Å²) in [7, 11) is -4.59. The van der Waals surface area contributed by atoms with Crippen LogP contribution < -0.4 is 4.74 Å². The molecule has 1 aromatic rings. The first-order valence-corrected chi connectivity index (χ1v) is 8.21. The number of oxime groups is 1. The van der Waals surface area contributed by atoms with Crippen LogP contribution >= 0.6 is 0 Å². The van der Waals surface area contributed by atoms with Gasteiger partial charge in [0.2, 0.25) is 5.88 Å². The van der Waals surface area contributed by atoms with Crippen LogP contribution in [0.3, 0.4) is 0 Å². The van der Waals surface area contributed by atoms with E-state index in [0.717, 1.165) is 0 Å². The van der Waals surface area contributed by atoms with Gasteiger partial charge in [-0.05, 0) is 13.8 Å². The highest BCUT2D eigenvalue weighted by Gasteiger charge is 2.43. The van der Waals surface area contributed by atoms with Gasteiger partial charge < -0.3 is 9.57 Å². The number of hydrogen-bond donors (Lipinski definition) is 0. The quantitative estimate of drug-likeness (QED) is 0.733. The standard InChI is InChI=1S/C12H14F5N3O4S/c1-11(2)4-7(19-24-11)25(21,22)5-6-8(12(15,16)17)18-20(3)9(6)23-10(13)14/h10H,4-5H2,1-3H3/i3D3. The molecule has 0 radical (unpaired) electrons. The summed E-state index contributed by atoms with van der Waals surface area (Å²) in [5, 5.41) is 5.48. The van der Waals surface area contributed by atoms with E-state index in [9.17, 15) is 30.4 Å².